The Kier molecular flexibility index (Phi) is 11.4. The van der Waals surface area contributed by atoms with Gasteiger partial charge in [0.1, 0.15) is 0 Å². The molecule has 0 spiro atoms. The molecule has 0 unspecified atom stereocenters. The molecule has 0 aliphatic heterocycles. The second-order valence-corrected chi connectivity index (χ2v) is 4.38. The molecule has 0 aromatic rings. The molecular weight excluding hydrogens is 216 g/mol. The van der Waals surface area contributed by atoms with Crippen LogP contribution in [0.2, 0.25) is 0 Å². The first-order valence-electron chi connectivity index (χ1n) is 6.69. The van der Waals surface area contributed by atoms with Gasteiger partial charge in [-0.1, -0.05) is 6.42 Å². The van der Waals surface area contributed by atoms with Crippen LogP contribution in [0.25, 0.3) is 0 Å². The molecule has 0 saturated carbocycles. The van der Waals surface area contributed by atoms with Crippen LogP contribution in [0.5, 0.6) is 0 Å². The Balaban J connectivity index is 3.24. The molecule has 17 heavy (non-hydrogen) atoms. The molecule has 0 aliphatic rings. The van der Waals surface area contributed by atoms with Gasteiger partial charge in [-0.05, 0) is 59.9 Å². The van der Waals surface area contributed by atoms with Gasteiger partial charge in [0.05, 0.1) is 6.61 Å². The summed E-state index contributed by atoms with van der Waals surface area (Å²) in [5, 5.41) is 3.15. The quantitative estimate of drug-likeness (QED) is 0.443. The zero-order chi connectivity index (χ0) is 12.9. The molecule has 0 saturated heterocycles. The molecule has 0 radical (unpaired) electrons. The van der Waals surface area contributed by atoms with E-state index >= 15 is 0 Å². The second kappa shape index (κ2) is 11.9. The molecule has 0 aromatic carbocycles. The molecule has 4 nitrogen and oxygen atoms in total. The van der Waals surface area contributed by atoms with Crippen LogP contribution >= 0.6 is 0 Å². The first-order valence-corrected chi connectivity index (χ1v) is 6.69. The SMILES string of the molecule is CCOC(=O)CCCCCN(C)CCCNC. The summed E-state index contributed by atoms with van der Waals surface area (Å²) in [6, 6.07) is 0. The number of hydrogen-bond donors (Lipinski definition) is 1. The summed E-state index contributed by atoms with van der Waals surface area (Å²) >= 11 is 0. The molecule has 0 heterocycles. The molecular formula is C13H28N2O2. The lowest BCUT2D eigenvalue weighted by Gasteiger charge is -2.15. The van der Waals surface area contributed by atoms with Crippen molar-refractivity contribution in [3.63, 3.8) is 0 Å². The van der Waals surface area contributed by atoms with Gasteiger partial charge in [0.2, 0.25) is 0 Å². The highest BCUT2D eigenvalue weighted by molar-refractivity contribution is 5.69. The van der Waals surface area contributed by atoms with Crippen molar-refractivity contribution < 1.29 is 9.53 Å². The Hall–Kier alpha value is -0.610. The van der Waals surface area contributed by atoms with Crippen molar-refractivity contribution in [2.45, 2.75) is 39.0 Å². The van der Waals surface area contributed by atoms with Crippen LogP contribution in [0.4, 0.5) is 0 Å². The van der Waals surface area contributed by atoms with Gasteiger partial charge in [-0.25, -0.2) is 0 Å². The Morgan fingerprint density at radius 1 is 1.18 bits per heavy atom. The molecule has 0 aromatic heterocycles. The maximum Gasteiger partial charge on any atom is 0.305 e. The number of ether oxygens (including phenoxy) is 1. The average molecular weight is 244 g/mol. The fourth-order valence-corrected chi connectivity index (χ4v) is 1.70. The number of nitrogens with zero attached hydrogens (tertiary/aromatic N) is 1. The van der Waals surface area contributed by atoms with Gasteiger partial charge in [0.25, 0.3) is 0 Å². The number of unbranched alkanes of at least 4 members (excludes halogenated alkanes) is 2. The lowest BCUT2D eigenvalue weighted by atomic mass is 10.2. The molecule has 102 valence electrons. The highest BCUT2D eigenvalue weighted by atomic mass is 16.5. The summed E-state index contributed by atoms with van der Waals surface area (Å²) in [4.78, 5) is 13.4. The minimum atomic E-state index is -0.0603. The van der Waals surface area contributed by atoms with Crippen molar-refractivity contribution in [2.24, 2.45) is 0 Å². The van der Waals surface area contributed by atoms with Gasteiger partial charge in [-0.15, -0.1) is 0 Å². The summed E-state index contributed by atoms with van der Waals surface area (Å²) in [6.45, 7) is 5.67. The zero-order valence-electron chi connectivity index (χ0n) is 11.6. The summed E-state index contributed by atoms with van der Waals surface area (Å²) in [5.74, 6) is -0.0603. The Bertz CT molecular complexity index is 186. The zero-order valence-corrected chi connectivity index (χ0v) is 11.6. The first-order chi connectivity index (χ1) is 8.20. The average Bonchev–Trinajstić information content (AvgIpc) is 2.29. The van der Waals surface area contributed by atoms with E-state index in [-0.39, 0.29) is 5.97 Å². The molecule has 0 atom stereocenters. The molecule has 1 N–H and O–H groups in total. The van der Waals surface area contributed by atoms with E-state index in [9.17, 15) is 4.79 Å². The third kappa shape index (κ3) is 11.6. The van der Waals surface area contributed by atoms with Gasteiger partial charge < -0.3 is 15.0 Å². The van der Waals surface area contributed by atoms with Gasteiger partial charge >= 0.3 is 5.97 Å². The van der Waals surface area contributed by atoms with Crippen molar-refractivity contribution >= 4 is 5.97 Å². The first kappa shape index (κ1) is 16.4. The van der Waals surface area contributed by atoms with Crippen molar-refractivity contribution in [1.29, 1.82) is 0 Å². The minimum Gasteiger partial charge on any atom is -0.466 e. The fourth-order valence-electron chi connectivity index (χ4n) is 1.70. The highest BCUT2D eigenvalue weighted by Crippen LogP contribution is 2.02. The number of carbonyl (C=O) groups excluding carboxylic acids is 1. The number of hydrogen-bond acceptors (Lipinski definition) is 4. The van der Waals surface area contributed by atoms with E-state index in [0.29, 0.717) is 13.0 Å². The monoisotopic (exact) mass is 244 g/mol. The van der Waals surface area contributed by atoms with Crippen LogP contribution in [0.1, 0.15) is 39.0 Å². The third-order valence-electron chi connectivity index (χ3n) is 2.69. The Labute approximate surface area is 106 Å². The Morgan fingerprint density at radius 3 is 2.53 bits per heavy atom. The summed E-state index contributed by atoms with van der Waals surface area (Å²) in [6.07, 6.45) is 4.97. The number of carbonyl (C=O) groups is 1. The predicted octanol–water partition coefficient (Wildman–Crippen LogP) is 1.65. The fraction of sp³-hybridized carbons (Fsp3) is 0.923. The molecule has 0 amide bonds. The van der Waals surface area contributed by atoms with E-state index < -0.39 is 0 Å². The largest absolute Gasteiger partial charge is 0.466 e. The maximum absolute atomic E-state index is 11.1. The van der Waals surface area contributed by atoms with Crippen LogP contribution in [0.3, 0.4) is 0 Å². The van der Waals surface area contributed by atoms with Crippen molar-refractivity contribution in [3.8, 4) is 0 Å². The molecule has 0 aliphatic carbocycles. The molecule has 4 heteroatoms. The Morgan fingerprint density at radius 2 is 1.88 bits per heavy atom. The number of rotatable bonds is 11. The third-order valence-corrected chi connectivity index (χ3v) is 2.69. The van der Waals surface area contributed by atoms with Crippen LogP contribution in [-0.2, 0) is 9.53 Å². The van der Waals surface area contributed by atoms with Crippen LogP contribution in [0.15, 0.2) is 0 Å². The lowest BCUT2D eigenvalue weighted by molar-refractivity contribution is -0.143. The van der Waals surface area contributed by atoms with Crippen LogP contribution in [0, 0.1) is 0 Å². The lowest BCUT2D eigenvalue weighted by Crippen LogP contribution is -2.23. The van der Waals surface area contributed by atoms with Crippen LogP contribution < -0.4 is 5.32 Å². The molecule has 0 fully saturated rings. The van der Waals surface area contributed by atoms with Crippen LogP contribution in [-0.4, -0.2) is 51.2 Å². The standard InChI is InChI=1S/C13H28N2O2/c1-4-17-13(16)9-6-5-7-11-15(3)12-8-10-14-2/h14H,4-12H2,1-3H3. The van der Waals surface area contributed by atoms with E-state index in [0.717, 1.165) is 38.9 Å². The molecule has 0 rings (SSSR count). The van der Waals surface area contributed by atoms with Gasteiger partial charge in [0.15, 0.2) is 0 Å². The van der Waals surface area contributed by atoms with Crippen molar-refractivity contribution in [3.05, 3.63) is 0 Å². The smallest absolute Gasteiger partial charge is 0.305 e. The summed E-state index contributed by atoms with van der Waals surface area (Å²) in [5.41, 5.74) is 0. The number of nitrogens with one attached hydrogen (secondary N) is 1. The highest BCUT2D eigenvalue weighted by Gasteiger charge is 2.01. The molecule has 0 bridgehead atoms. The van der Waals surface area contributed by atoms with Gasteiger partial charge in [-0.3, -0.25) is 4.79 Å². The predicted molar refractivity (Wildman–Crippen MR) is 71.1 cm³/mol. The van der Waals surface area contributed by atoms with Gasteiger partial charge in [0, 0.05) is 6.42 Å². The van der Waals surface area contributed by atoms with Gasteiger partial charge in [-0.2, -0.15) is 0 Å². The number of esters is 1. The maximum atomic E-state index is 11.1. The topological polar surface area (TPSA) is 41.6 Å². The van der Waals surface area contributed by atoms with E-state index in [1.54, 1.807) is 0 Å². The minimum absolute atomic E-state index is 0.0603. The van der Waals surface area contributed by atoms with E-state index in [4.69, 9.17) is 4.74 Å². The van der Waals surface area contributed by atoms with E-state index in [1.165, 1.54) is 6.42 Å². The van der Waals surface area contributed by atoms with E-state index in [2.05, 4.69) is 17.3 Å². The summed E-state index contributed by atoms with van der Waals surface area (Å²) < 4.78 is 4.88. The van der Waals surface area contributed by atoms with E-state index in [1.807, 2.05) is 14.0 Å². The van der Waals surface area contributed by atoms with Crippen molar-refractivity contribution in [1.82, 2.24) is 10.2 Å². The summed E-state index contributed by atoms with van der Waals surface area (Å²) in [7, 11) is 4.14. The van der Waals surface area contributed by atoms with Crippen molar-refractivity contribution in [2.75, 3.05) is 40.3 Å². The second-order valence-electron chi connectivity index (χ2n) is 4.38. The normalized spacial score (nSPS) is 10.8.